The van der Waals surface area contributed by atoms with Crippen LogP contribution in [0.25, 0.3) is 11.1 Å². The number of hydrogen-bond donors (Lipinski definition) is 0. The normalized spacial score (nSPS) is 20.9. The van der Waals surface area contributed by atoms with Gasteiger partial charge in [0.25, 0.3) is 0 Å². The molecule has 4 rings (SSSR count). The van der Waals surface area contributed by atoms with Gasteiger partial charge in [-0.15, -0.1) is 0 Å². The summed E-state index contributed by atoms with van der Waals surface area (Å²) in [5.41, 5.74) is 8.91. The molecule has 1 aromatic carbocycles. The van der Waals surface area contributed by atoms with Crippen molar-refractivity contribution < 1.29 is 0 Å². The van der Waals surface area contributed by atoms with Crippen LogP contribution in [0.4, 0.5) is 0 Å². The van der Waals surface area contributed by atoms with Gasteiger partial charge in [-0.2, -0.15) is 0 Å². The van der Waals surface area contributed by atoms with Crippen molar-refractivity contribution in [1.82, 2.24) is 14.8 Å². The molecule has 1 atom stereocenters. The van der Waals surface area contributed by atoms with E-state index in [0.717, 1.165) is 83.5 Å². The molecule has 0 spiro atoms. The van der Waals surface area contributed by atoms with E-state index in [2.05, 4.69) is 90.7 Å². The second-order valence-electron chi connectivity index (χ2n) is 9.98. The maximum absolute atomic E-state index is 6.66. The summed E-state index contributed by atoms with van der Waals surface area (Å²) in [6.45, 7) is 16.7. The van der Waals surface area contributed by atoms with Gasteiger partial charge in [0.05, 0.1) is 5.70 Å². The van der Waals surface area contributed by atoms with Crippen LogP contribution in [0.15, 0.2) is 89.4 Å². The number of nitrogens with zero attached hydrogens (tertiary/aromatic N) is 4. The van der Waals surface area contributed by atoms with Crippen LogP contribution in [0.3, 0.4) is 0 Å². The lowest BCUT2D eigenvalue weighted by Gasteiger charge is -2.39. The van der Waals surface area contributed by atoms with Crippen molar-refractivity contribution in [2.45, 2.75) is 46.6 Å². The van der Waals surface area contributed by atoms with E-state index in [9.17, 15) is 0 Å². The molecule has 1 saturated heterocycles. The molecule has 1 unspecified atom stereocenters. The summed E-state index contributed by atoms with van der Waals surface area (Å²) in [5.74, 6) is 0. The molecule has 0 radical (unpaired) electrons. The Morgan fingerprint density at radius 2 is 1.89 bits per heavy atom. The molecule has 188 valence electrons. The maximum Gasteiger partial charge on any atom is 0.0589 e. The van der Waals surface area contributed by atoms with Crippen LogP contribution < -0.4 is 0 Å². The van der Waals surface area contributed by atoms with Gasteiger partial charge >= 0.3 is 0 Å². The molecular formula is C31H37ClN4. The van der Waals surface area contributed by atoms with Gasteiger partial charge in [-0.05, 0) is 69.5 Å². The summed E-state index contributed by atoms with van der Waals surface area (Å²) in [6.07, 6.45) is 12.6. The third-order valence-electron chi connectivity index (χ3n) is 6.85. The van der Waals surface area contributed by atoms with E-state index in [1.807, 2.05) is 19.2 Å². The molecule has 1 aliphatic carbocycles. The molecule has 2 aromatic rings. The summed E-state index contributed by atoms with van der Waals surface area (Å²) < 4.78 is 0. The fourth-order valence-electron chi connectivity index (χ4n) is 4.83. The topological polar surface area (TPSA) is 31.7 Å². The quantitative estimate of drug-likeness (QED) is 0.315. The van der Waals surface area contributed by atoms with Crippen molar-refractivity contribution in [3.05, 3.63) is 101 Å². The van der Waals surface area contributed by atoms with Crippen molar-refractivity contribution >= 4 is 17.3 Å². The lowest BCUT2D eigenvalue weighted by Crippen LogP contribution is -2.48. The zero-order valence-corrected chi connectivity index (χ0v) is 22.7. The molecule has 0 bridgehead atoms. The van der Waals surface area contributed by atoms with Crippen molar-refractivity contribution in [2.75, 3.05) is 26.2 Å². The number of aromatic nitrogens is 1. The first kappa shape index (κ1) is 26.1. The van der Waals surface area contributed by atoms with Crippen LogP contribution in [0.2, 0.25) is 5.02 Å². The number of hydrogen-bond acceptors (Lipinski definition) is 4. The predicted octanol–water partition coefficient (Wildman–Crippen LogP) is 7.02. The van der Waals surface area contributed by atoms with E-state index in [4.69, 9.17) is 16.6 Å². The largest absolute Gasteiger partial charge is 0.373 e. The minimum atomic E-state index is 0.305. The Morgan fingerprint density at radius 3 is 2.58 bits per heavy atom. The van der Waals surface area contributed by atoms with Crippen LogP contribution in [-0.2, 0) is 6.42 Å². The summed E-state index contributed by atoms with van der Waals surface area (Å²) >= 11 is 6.66. The molecular weight excluding hydrogens is 464 g/mol. The van der Waals surface area contributed by atoms with Gasteiger partial charge in [-0.1, -0.05) is 54.1 Å². The number of aryl methyl sites for hydroxylation is 1. The lowest BCUT2D eigenvalue weighted by atomic mass is 10.0. The lowest BCUT2D eigenvalue weighted by molar-refractivity contribution is 0.150. The molecule has 4 nitrogen and oxygen atoms in total. The van der Waals surface area contributed by atoms with Crippen LogP contribution in [-0.4, -0.2) is 52.7 Å². The zero-order chi connectivity index (χ0) is 25.7. The van der Waals surface area contributed by atoms with Crippen LogP contribution in [0.5, 0.6) is 0 Å². The molecule has 0 saturated carbocycles. The van der Waals surface area contributed by atoms with E-state index in [1.165, 1.54) is 5.57 Å². The first-order valence-corrected chi connectivity index (χ1v) is 13.1. The van der Waals surface area contributed by atoms with Gasteiger partial charge in [0, 0.05) is 72.5 Å². The number of pyridine rings is 1. The highest BCUT2D eigenvalue weighted by molar-refractivity contribution is 6.33. The summed E-state index contributed by atoms with van der Waals surface area (Å²) in [7, 11) is 0. The Bertz CT molecular complexity index is 1230. The fraction of sp³-hybridized carbons (Fsp3) is 0.355. The average Bonchev–Trinajstić information content (AvgIpc) is 2.83. The van der Waals surface area contributed by atoms with E-state index in [1.54, 1.807) is 0 Å². The summed E-state index contributed by atoms with van der Waals surface area (Å²) in [5, 5.41) is 0.756. The summed E-state index contributed by atoms with van der Waals surface area (Å²) in [4.78, 5) is 14.2. The number of aliphatic imine (C=N–C) groups is 1. The molecule has 2 aliphatic rings. The Balaban J connectivity index is 1.44. The number of benzene rings is 1. The molecule has 1 fully saturated rings. The number of allylic oxidation sites excluding steroid dienone is 4. The van der Waals surface area contributed by atoms with Gasteiger partial charge in [-0.3, -0.25) is 14.9 Å². The maximum atomic E-state index is 6.66. The minimum absolute atomic E-state index is 0.305. The number of piperazine rings is 1. The summed E-state index contributed by atoms with van der Waals surface area (Å²) in [6, 6.07) is 10.7. The van der Waals surface area contributed by atoms with Gasteiger partial charge in [0.1, 0.15) is 0 Å². The van der Waals surface area contributed by atoms with Crippen LogP contribution in [0, 0.1) is 6.92 Å². The number of halogens is 1. The average molecular weight is 501 g/mol. The Kier molecular flexibility index (Phi) is 8.60. The second-order valence-corrected chi connectivity index (χ2v) is 10.4. The van der Waals surface area contributed by atoms with Gasteiger partial charge < -0.3 is 4.90 Å². The molecule has 0 amide bonds. The first-order chi connectivity index (χ1) is 17.3. The molecule has 0 N–H and O–H groups in total. The zero-order valence-electron chi connectivity index (χ0n) is 22.0. The van der Waals surface area contributed by atoms with Crippen molar-refractivity contribution in [2.24, 2.45) is 4.99 Å². The Morgan fingerprint density at radius 1 is 1.11 bits per heavy atom. The van der Waals surface area contributed by atoms with E-state index < -0.39 is 0 Å². The van der Waals surface area contributed by atoms with Crippen molar-refractivity contribution in [3.63, 3.8) is 0 Å². The highest BCUT2D eigenvalue weighted by atomic mass is 35.5. The molecule has 36 heavy (non-hydrogen) atoms. The van der Waals surface area contributed by atoms with Gasteiger partial charge in [-0.25, -0.2) is 0 Å². The third-order valence-corrected chi connectivity index (χ3v) is 7.16. The highest BCUT2D eigenvalue weighted by Crippen LogP contribution is 2.29. The van der Waals surface area contributed by atoms with E-state index >= 15 is 0 Å². The first-order valence-electron chi connectivity index (χ1n) is 12.7. The minimum Gasteiger partial charge on any atom is -0.373 e. The smallest absolute Gasteiger partial charge is 0.0589 e. The van der Waals surface area contributed by atoms with E-state index in [-0.39, 0.29) is 0 Å². The molecule has 1 aromatic heterocycles. The van der Waals surface area contributed by atoms with E-state index in [0.29, 0.717) is 6.04 Å². The fourth-order valence-corrected chi connectivity index (χ4v) is 5.14. The number of rotatable bonds is 6. The van der Waals surface area contributed by atoms with Crippen LogP contribution in [0.1, 0.15) is 38.4 Å². The Hall–Kier alpha value is -2.95. The SMILES string of the molecule is C=C(C)N1CCN(C2C=C/C(N=C(C)Cc3ccc(-c4ccnc(C)c4)c(Cl)c3)=C/CC(C)=C2)CC1. The Labute approximate surface area is 221 Å². The molecule has 2 heterocycles. The highest BCUT2D eigenvalue weighted by Gasteiger charge is 2.21. The van der Waals surface area contributed by atoms with Crippen LogP contribution >= 0.6 is 11.6 Å². The second kappa shape index (κ2) is 11.9. The third kappa shape index (κ3) is 6.83. The van der Waals surface area contributed by atoms with Gasteiger partial charge in [0.15, 0.2) is 0 Å². The molecule has 1 aliphatic heterocycles. The predicted molar refractivity (Wildman–Crippen MR) is 154 cm³/mol. The monoisotopic (exact) mass is 500 g/mol. The van der Waals surface area contributed by atoms with Gasteiger partial charge in [0.2, 0.25) is 0 Å². The molecule has 5 heteroatoms. The standard InChI is InChI=1S/C31H37ClN4/c1-22(2)35-14-16-36(17-15-35)29-10-9-28(8-6-23(3)18-29)34-25(5)19-26-7-11-30(31(32)21-26)27-12-13-33-24(4)20-27/h7-13,18,20-21,29H,1,6,14-17,19H2,2-5H3/b10-9?,23-18?,28-8-,34-25?. The van der Waals surface area contributed by atoms with Crippen molar-refractivity contribution in [1.29, 1.82) is 0 Å². The van der Waals surface area contributed by atoms with Crippen molar-refractivity contribution in [3.8, 4) is 11.1 Å².